The summed E-state index contributed by atoms with van der Waals surface area (Å²) >= 11 is 0. The van der Waals surface area contributed by atoms with Crippen LogP contribution in [0.4, 0.5) is 15.8 Å². The average molecular weight is 411 g/mol. The van der Waals surface area contributed by atoms with Crippen molar-refractivity contribution < 1.29 is 14.1 Å². The van der Waals surface area contributed by atoms with E-state index in [1.165, 1.54) is 29.2 Å². The minimum atomic E-state index is -0.452. The van der Waals surface area contributed by atoms with Gasteiger partial charge in [0.25, 0.3) is 5.69 Å². The number of halogens is 1. The second-order valence-electron chi connectivity index (χ2n) is 7.18. The molecule has 0 N–H and O–H groups in total. The van der Waals surface area contributed by atoms with Crippen LogP contribution in [0.5, 0.6) is 0 Å². The molecule has 0 unspecified atom stereocenters. The molecule has 30 heavy (non-hydrogen) atoms. The van der Waals surface area contributed by atoms with Gasteiger partial charge in [0.05, 0.1) is 23.1 Å². The third kappa shape index (κ3) is 4.90. The second kappa shape index (κ2) is 9.33. The minimum Gasteiger partial charge on any atom is -0.363 e. The first-order valence-electron chi connectivity index (χ1n) is 9.52. The predicted molar refractivity (Wildman–Crippen MR) is 109 cm³/mol. The number of anilines is 1. The number of carbonyl (C=O) groups excluding carboxylic acids is 1. The van der Waals surface area contributed by atoms with Gasteiger partial charge in [-0.3, -0.25) is 19.8 Å². The zero-order valence-corrected chi connectivity index (χ0v) is 16.6. The maximum atomic E-state index is 14.0. The Bertz CT molecular complexity index is 983. The summed E-state index contributed by atoms with van der Waals surface area (Å²) in [5.41, 5.74) is 1.30. The molecule has 3 rings (SSSR count). The van der Waals surface area contributed by atoms with Crippen LogP contribution < -0.4 is 4.90 Å². The maximum Gasteiger partial charge on any atom is 0.292 e. The predicted octanol–water partition coefficient (Wildman–Crippen LogP) is 2.39. The average Bonchev–Trinajstić information content (AvgIpc) is 2.75. The fraction of sp³-hybridized carbons (Fsp3) is 0.333. The topological polar surface area (TPSA) is 93.7 Å². The summed E-state index contributed by atoms with van der Waals surface area (Å²) in [5, 5.41) is 20.2. The summed E-state index contributed by atoms with van der Waals surface area (Å²) in [4.78, 5) is 28.8. The number of para-hydroxylation sites is 2. The van der Waals surface area contributed by atoms with Crippen molar-refractivity contribution in [3.8, 4) is 6.07 Å². The highest BCUT2D eigenvalue weighted by molar-refractivity contribution is 5.78. The lowest BCUT2D eigenvalue weighted by molar-refractivity contribution is -0.384. The van der Waals surface area contributed by atoms with Gasteiger partial charge >= 0.3 is 0 Å². The molecule has 1 aliphatic rings. The molecule has 8 nitrogen and oxygen atoms in total. The Morgan fingerprint density at radius 1 is 1.23 bits per heavy atom. The number of piperazine rings is 1. The van der Waals surface area contributed by atoms with Crippen molar-refractivity contribution in [3.63, 3.8) is 0 Å². The molecule has 1 aliphatic heterocycles. The van der Waals surface area contributed by atoms with Crippen molar-refractivity contribution in [2.24, 2.45) is 0 Å². The van der Waals surface area contributed by atoms with Crippen LogP contribution in [-0.4, -0.2) is 60.4 Å². The number of nitrogens with zero attached hydrogens (tertiary/aromatic N) is 5. The van der Waals surface area contributed by atoms with Crippen molar-refractivity contribution in [1.29, 1.82) is 5.26 Å². The zero-order valence-electron chi connectivity index (χ0n) is 16.6. The number of rotatable bonds is 6. The molecule has 0 saturated carbocycles. The van der Waals surface area contributed by atoms with E-state index in [4.69, 9.17) is 5.26 Å². The lowest BCUT2D eigenvalue weighted by atomic mass is 10.1. The third-order valence-corrected chi connectivity index (χ3v) is 5.16. The van der Waals surface area contributed by atoms with Crippen LogP contribution in [0.15, 0.2) is 42.5 Å². The minimum absolute atomic E-state index is 0.0726. The molecule has 0 aromatic heterocycles. The quantitative estimate of drug-likeness (QED) is 0.535. The normalized spacial score (nSPS) is 14.2. The van der Waals surface area contributed by atoms with Crippen LogP contribution in [-0.2, 0) is 11.3 Å². The van der Waals surface area contributed by atoms with E-state index in [0.717, 1.165) is 0 Å². The van der Waals surface area contributed by atoms with Crippen LogP contribution in [0.1, 0.15) is 11.1 Å². The molecule has 0 atom stereocenters. The molecule has 0 radical (unpaired) electrons. The molecule has 2 aromatic carbocycles. The van der Waals surface area contributed by atoms with E-state index in [9.17, 15) is 19.3 Å². The molecule has 1 fully saturated rings. The van der Waals surface area contributed by atoms with Crippen molar-refractivity contribution in [3.05, 3.63) is 69.5 Å². The van der Waals surface area contributed by atoms with Crippen LogP contribution in [0.25, 0.3) is 0 Å². The molecule has 9 heteroatoms. The number of likely N-dealkylation sites (N-methyl/N-ethyl adjacent to an activating group) is 1. The first kappa shape index (κ1) is 21.2. The molecule has 156 valence electrons. The van der Waals surface area contributed by atoms with Gasteiger partial charge in [0.1, 0.15) is 11.5 Å². The van der Waals surface area contributed by atoms with Gasteiger partial charge in [-0.05, 0) is 24.3 Å². The van der Waals surface area contributed by atoms with Gasteiger partial charge in [0, 0.05) is 51.4 Å². The van der Waals surface area contributed by atoms with E-state index in [1.54, 1.807) is 25.2 Å². The second-order valence-corrected chi connectivity index (χ2v) is 7.18. The Balaban J connectivity index is 1.55. The van der Waals surface area contributed by atoms with E-state index in [2.05, 4.69) is 0 Å². The van der Waals surface area contributed by atoms with Crippen molar-refractivity contribution in [2.45, 2.75) is 6.54 Å². The van der Waals surface area contributed by atoms with Gasteiger partial charge in [-0.2, -0.15) is 5.26 Å². The van der Waals surface area contributed by atoms with Crippen LogP contribution in [0, 0.1) is 27.3 Å². The smallest absolute Gasteiger partial charge is 0.292 e. The monoisotopic (exact) mass is 411 g/mol. The summed E-state index contributed by atoms with van der Waals surface area (Å²) in [6.07, 6.45) is 0. The molecule has 1 amide bonds. The van der Waals surface area contributed by atoms with Crippen LogP contribution in [0.2, 0.25) is 0 Å². The Morgan fingerprint density at radius 2 is 1.93 bits per heavy atom. The largest absolute Gasteiger partial charge is 0.363 e. The number of nitro groups is 1. The summed E-state index contributed by atoms with van der Waals surface area (Å²) in [6.45, 7) is 2.58. The molecule has 1 saturated heterocycles. The molecule has 0 aliphatic carbocycles. The van der Waals surface area contributed by atoms with Crippen molar-refractivity contribution in [2.75, 3.05) is 44.7 Å². The molecular weight excluding hydrogens is 389 g/mol. The van der Waals surface area contributed by atoms with E-state index in [-0.39, 0.29) is 29.6 Å². The van der Waals surface area contributed by atoms with Gasteiger partial charge in [-0.25, -0.2) is 4.39 Å². The standard InChI is InChI=1S/C21H22FN5O3/c1-24(14-17-12-16(13-23)6-7-18(17)22)21(28)15-25-8-10-26(11-9-25)19-4-2-3-5-20(19)27(29)30/h2-7,12H,8-11,14-15H2,1H3. The van der Waals surface area contributed by atoms with E-state index < -0.39 is 5.82 Å². The van der Waals surface area contributed by atoms with Crippen molar-refractivity contribution in [1.82, 2.24) is 9.80 Å². The maximum absolute atomic E-state index is 14.0. The Hall–Kier alpha value is -3.51. The number of hydrogen-bond acceptors (Lipinski definition) is 6. The lowest BCUT2D eigenvalue weighted by Crippen LogP contribution is -2.49. The Kier molecular flexibility index (Phi) is 6.59. The highest BCUT2D eigenvalue weighted by Crippen LogP contribution is 2.28. The van der Waals surface area contributed by atoms with Gasteiger partial charge in [0.2, 0.25) is 5.91 Å². The first-order valence-corrected chi connectivity index (χ1v) is 9.52. The number of amides is 1. The number of benzene rings is 2. The summed E-state index contributed by atoms with van der Waals surface area (Å²) in [7, 11) is 1.60. The number of carbonyl (C=O) groups is 1. The van der Waals surface area contributed by atoms with Crippen LogP contribution >= 0.6 is 0 Å². The Morgan fingerprint density at radius 3 is 2.60 bits per heavy atom. The fourth-order valence-electron chi connectivity index (χ4n) is 3.45. The summed E-state index contributed by atoms with van der Waals surface area (Å²) in [6, 6.07) is 12.7. The first-order chi connectivity index (χ1) is 14.4. The highest BCUT2D eigenvalue weighted by Gasteiger charge is 2.25. The SMILES string of the molecule is CN(Cc1cc(C#N)ccc1F)C(=O)CN1CCN(c2ccccc2[N+](=O)[O-])CC1. The lowest BCUT2D eigenvalue weighted by Gasteiger charge is -2.36. The van der Waals surface area contributed by atoms with Gasteiger partial charge in [0.15, 0.2) is 0 Å². The van der Waals surface area contributed by atoms with Crippen LogP contribution in [0.3, 0.4) is 0 Å². The molecule has 0 spiro atoms. The van der Waals surface area contributed by atoms with Gasteiger partial charge in [-0.15, -0.1) is 0 Å². The van der Waals surface area contributed by atoms with E-state index >= 15 is 0 Å². The van der Waals surface area contributed by atoms with Crippen molar-refractivity contribution >= 4 is 17.3 Å². The number of hydrogen-bond donors (Lipinski definition) is 0. The van der Waals surface area contributed by atoms with Gasteiger partial charge < -0.3 is 9.80 Å². The summed E-state index contributed by atoms with van der Waals surface area (Å²) in [5.74, 6) is -0.609. The number of nitro benzene ring substituents is 1. The van der Waals surface area contributed by atoms with E-state index in [0.29, 0.717) is 43.0 Å². The molecule has 0 bridgehead atoms. The van der Waals surface area contributed by atoms with Gasteiger partial charge in [-0.1, -0.05) is 12.1 Å². The molecule has 2 aromatic rings. The zero-order chi connectivity index (χ0) is 21.7. The number of nitriles is 1. The fourth-order valence-corrected chi connectivity index (χ4v) is 3.45. The summed E-state index contributed by atoms with van der Waals surface area (Å²) < 4.78 is 14.0. The molecule has 1 heterocycles. The Labute approximate surface area is 173 Å². The highest BCUT2D eigenvalue weighted by atomic mass is 19.1. The van der Waals surface area contributed by atoms with E-state index in [1.807, 2.05) is 15.9 Å². The molecular formula is C21H22FN5O3. The third-order valence-electron chi connectivity index (χ3n) is 5.16.